The molecule has 0 aliphatic carbocycles. The van der Waals surface area contributed by atoms with Crippen molar-refractivity contribution in [2.24, 2.45) is 0 Å². The van der Waals surface area contributed by atoms with Gasteiger partial charge in [0.15, 0.2) is 23.0 Å². The maximum atomic E-state index is 5.73. The summed E-state index contributed by atoms with van der Waals surface area (Å²) in [5.41, 5.74) is 3.24. The van der Waals surface area contributed by atoms with Crippen molar-refractivity contribution < 1.29 is 18.9 Å². The number of hydrogen-bond acceptors (Lipinski definition) is 6. The zero-order valence-electron chi connectivity index (χ0n) is 15.1. The van der Waals surface area contributed by atoms with Gasteiger partial charge >= 0.3 is 0 Å². The summed E-state index contributed by atoms with van der Waals surface area (Å²) >= 11 is 0. The van der Waals surface area contributed by atoms with Gasteiger partial charge < -0.3 is 18.9 Å². The molecule has 1 aromatic carbocycles. The second kappa shape index (κ2) is 7.74. The van der Waals surface area contributed by atoms with E-state index in [0.717, 1.165) is 22.3 Å². The smallest absolute Gasteiger partial charge is 0.173 e. The molecule has 0 aliphatic rings. The Hall–Kier alpha value is -3.28. The maximum absolute atomic E-state index is 5.73. The lowest BCUT2D eigenvalue weighted by Crippen LogP contribution is -2.03. The summed E-state index contributed by atoms with van der Waals surface area (Å²) in [5, 5.41) is 0. The predicted octanol–water partition coefficient (Wildman–Crippen LogP) is 3.85. The lowest BCUT2D eigenvalue weighted by atomic mass is 9.96. The maximum Gasteiger partial charge on any atom is 0.173 e. The van der Waals surface area contributed by atoms with Crippen LogP contribution in [0, 0.1) is 0 Å². The average Bonchev–Trinajstić information content (AvgIpc) is 2.72. The van der Waals surface area contributed by atoms with Gasteiger partial charge in [-0.3, -0.25) is 9.97 Å². The molecule has 0 bridgehead atoms. The second-order valence-electron chi connectivity index (χ2n) is 5.35. The average molecular weight is 352 g/mol. The van der Waals surface area contributed by atoms with Crippen LogP contribution in [0.2, 0.25) is 0 Å². The highest BCUT2D eigenvalue weighted by atomic mass is 16.5. The Morgan fingerprint density at radius 3 is 1.00 bits per heavy atom. The zero-order valence-corrected chi connectivity index (χ0v) is 15.1. The Morgan fingerprint density at radius 1 is 0.500 bits per heavy atom. The van der Waals surface area contributed by atoms with Crippen LogP contribution < -0.4 is 18.9 Å². The van der Waals surface area contributed by atoms with Gasteiger partial charge in [-0.1, -0.05) is 0 Å². The van der Waals surface area contributed by atoms with Crippen molar-refractivity contribution in [2.45, 2.75) is 0 Å². The van der Waals surface area contributed by atoms with Gasteiger partial charge in [0.25, 0.3) is 0 Å². The van der Waals surface area contributed by atoms with Crippen LogP contribution in [0.15, 0.2) is 49.1 Å². The molecular weight excluding hydrogens is 332 g/mol. The van der Waals surface area contributed by atoms with E-state index in [1.807, 2.05) is 24.3 Å². The summed E-state index contributed by atoms with van der Waals surface area (Å²) in [4.78, 5) is 8.16. The largest absolute Gasteiger partial charge is 0.492 e. The van der Waals surface area contributed by atoms with Crippen molar-refractivity contribution in [3.05, 3.63) is 49.1 Å². The van der Waals surface area contributed by atoms with Gasteiger partial charge in [0.05, 0.1) is 39.6 Å². The summed E-state index contributed by atoms with van der Waals surface area (Å²) < 4.78 is 22.9. The first-order chi connectivity index (χ1) is 12.8. The van der Waals surface area contributed by atoms with E-state index in [2.05, 4.69) is 9.97 Å². The van der Waals surface area contributed by atoms with Gasteiger partial charge in [-0.25, -0.2) is 0 Å². The molecule has 0 N–H and O–H groups in total. The molecule has 0 fully saturated rings. The van der Waals surface area contributed by atoms with Crippen LogP contribution in [0.3, 0.4) is 0 Å². The lowest BCUT2D eigenvalue weighted by molar-refractivity contribution is 0.333. The van der Waals surface area contributed by atoms with Crippen LogP contribution >= 0.6 is 0 Å². The van der Waals surface area contributed by atoms with Crippen LogP contribution in [0.25, 0.3) is 22.3 Å². The van der Waals surface area contributed by atoms with E-state index < -0.39 is 0 Å². The minimum Gasteiger partial charge on any atom is -0.492 e. The van der Waals surface area contributed by atoms with Crippen LogP contribution in [0.5, 0.6) is 23.0 Å². The first kappa shape index (κ1) is 17.5. The predicted molar refractivity (Wildman–Crippen MR) is 99.1 cm³/mol. The first-order valence-electron chi connectivity index (χ1n) is 7.97. The van der Waals surface area contributed by atoms with Crippen molar-refractivity contribution in [1.29, 1.82) is 0 Å². The van der Waals surface area contributed by atoms with Crippen molar-refractivity contribution >= 4 is 0 Å². The minimum atomic E-state index is 0.558. The molecule has 0 spiro atoms. The molecule has 6 nitrogen and oxygen atoms in total. The van der Waals surface area contributed by atoms with Crippen molar-refractivity contribution in [3.63, 3.8) is 0 Å². The Bertz CT molecular complexity index is 776. The number of aromatic nitrogens is 2. The van der Waals surface area contributed by atoms with E-state index in [-0.39, 0.29) is 0 Å². The van der Waals surface area contributed by atoms with Crippen LogP contribution in [0.4, 0.5) is 0 Å². The van der Waals surface area contributed by atoms with Gasteiger partial charge in [0.1, 0.15) is 0 Å². The minimum absolute atomic E-state index is 0.558. The molecule has 0 unspecified atom stereocenters. The molecule has 26 heavy (non-hydrogen) atoms. The van der Waals surface area contributed by atoms with E-state index in [1.54, 1.807) is 53.2 Å². The van der Waals surface area contributed by atoms with Crippen molar-refractivity contribution in [2.75, 3.05) is 28.4 Å². The van der Waals surface area contributed by atoms with Crippen molar-refractivity contribution in [3.8, 4) is 45.3 Å². The molecular formula is C20H20N2O4. The molecule has 6 heteroatoms. The SMILES string of the molecule is COc1c(OC)c(-c2ccncc2)c(OC)c(OC)c1-c1ccncc1. The van der Waals surface area contributed by atoms with E-state index in [1.165, 1.54) is 0 Å². The fourth-order valence-corrected chi connectivity index (χ4v) is 3.00. The highest BCUT2D eigenvalue weighted by Gasteiger charge is 2.29. The number of pyridine rings is 2. The molecule has 0 saturated carbocycles. The third-order valence-electron chi connectivity index (χ3n) is 4.08. The zero-order chi connectivity index (χ0) is 18.5. The fourth-order valence-electron chi connectivity index (χ4n) is 3.00. The number of ether oxygens (including phenoxy) is 4. The van der Waals surface area contributed by atoms with Gasteiger partial charge in [-0.2, -0.15) is 0 Å². The van der Waals surface area contributed by atoms with Crippen LogP contribution in [-0.2, 0) is 0 Å². The fraction of sp³-hybridized carbons (Fsp3) is 0.200. The Morgan fingerprint density at radius 2 is 0.769 bits per heavy atom. The van der Waals surface area contributed by atoms with Crippen molar-refractivity contribution in [1.82, 2.24) is 9.97 Å². The van der Waals surface area contributed by atoms with E-state index >= 15 is 0 Å². The topological polar surface area (TPSA) is 62.7 Å². The molecule has 3 rings (SSSR count). The lowest BCUT2D eigenvalue weighted by Gasteiger charge is -2.23. The number of rotatable bonds is 6. The Balaban J connectivity index is 2.45. The summed E-state index contributed by atoms with van der Waals surface area (Å²) in [6.45, 7) is 0. The molecule has 134 valence electrons. The highest BCUT2D eigenvalue weighted by molar-refractivity contribution is 5.93. The first-order valence-corrected chi connectivity index (χ1v) is 7.97. The number of hydrogen-bond donors (Lipinski definition) is 0. The molecule has 0 radical (unpaired) electrons. The third kappa shape index (κ3) is 2.90. The van der Waals surface area contributed by atoms with Gasteiger partial charge in [-0.15, -0.1) is 0 Å². The molecule has 3 aromatic rings. The summed E-state index contributed by atoms with van der Waals surface area (Å²) in [6.07, 6.45) is 6.85. The van der Waals surface area contributed by atoms with E-state index in [4.69, 9.17) is 18.9 Å². The number of nitrogens with zero attached hydrogens (tertiary/aromatic N) is 2. The number of benzene rings is 1. The Labute approximate surface area is 152 Å². The molecule has 0 atom stereocenters. The standard InChI is InChI=1S/C20H20N2O4/c1-23-17-15(13-5-9-21-10-6-13)19(25-3)20(26-4)16(18(17)24-2)14-7-11-22-12-8-14/h5-12H,1-4H3. The molecule has 2 aromatic heterocycles. The van der Waals surface area contributed by atoms with Gasteiger partial charge in [0.2, 0.25) is 0 Å². The van der Waals surface area contributed by atoms with Crippen LogP contribution in [-0.4, -0.2) is 38.4 Å². The quantitative estimate of drug-likeness (QED) is 0.672. The van der Waals surface area contributed by atoms with Gasteiger partial charge in [0, 0.05) is 24.8 Å². The monoisotopic (exact) mass is 352 g/mol. The molecule has 2 heterocycles. The van der Waals surface area contributed by atoms with Crippen LogP contribution in [0.1, 0.15) is 0 Å². The summed E-state index contributed by atoms with van der Waals surface area (Å²) in [5.74, 6) is 2.23. The second-order valence-corrected chi connectivity index (χ2v) is 5.35. The molecule has 0 saturated heterocycles. The third-order valence-corrected chi connectivity index (χ3v) is 4.08. The normalized spacial score (nSPS) is 10.3. The van der Waals surface area contributed by atoms with E-state index in [9.17, 15) is 0 Å². The highest BCUT2D eigenvalue weighted by Crippen LogP contribution is 2.56. The molecule has 0 amide bonds. The van der Waals surface area contributed by atoms with Gasteiger partial charge in [-0.05, 0) is 35.4 Å². The number of methoxy groups -OCH3 is 4. The van der Waals surface area contributed by atoms with E-state index in [0.29, 0.717) is 23.0 Å². The Kier molecular flexibility index (Phi) is 5.22. The molecule has 0 aliphatic heterocycles. The summed E-state index contributed by atoms with van der Waals surface area (Å²) in [6, 6.07) is 7.52. The summed E-state index contributed by atoms with van der Waals surface area (Å²) in [7, 11) is 6.41.